The van der Waals surface area contributed by atoms with Crippen LogP contribution in [0.3, 0.4) is 0 Å². The average molecular weight is 849 g/mol. The van der Waals surface area contributed by atoms with Gasteiger partial charge in [-0.25, -0.2) is 9.97 Å². The highest BCUT2D eigenvalue weighted by molar-refractivity contribution is 6.13. The molecule has 0 aliphatic rings. The number of rotatable bonds is 9. The third kappa shape index (κ3) is 6.58. The summed E-state index contributed by atoms with van der Waals surface area (Å²) in [7, 11) is 0. The van der Waals surface area contributed by atoms with Gasteiger partial charge in [0, 0.05) is 79.2 Å². The second kappa shape index (κ2) is 16.1. The monoisotopic (exact) mass is 848 g/mol. The van der Waals surface area contributed by atoms with Crippen LogP contribution in [0.5, 0.6) is 0 Å². The first-order valence-electron chi connectivity index (χ1n) is 22.4. The summed E-state index contributed by atoms with van der Waals surface area (Å²) in [6.07, 6.45) is 3.80. The van der Waals surface area contributed by atoms with E-state index in [0.29, 0.717) is 0 Å². The summed E-state index contributed by atoms with van der Waals surface area (Å²) in [5.74, 6) is 1.68. The molecule has 12 aromatic rings. The Labute approximate surface area is 383 Å². The number of anilines is 6. The Morgan fingerprint density at radius 1 is 0.303 bits per heavy atom. The molecule has 0 aliphatic carbocycles. The largest absolute Gasteiger partial charge is 0.310 e. The van der Waals surface area contributed by atoms with Crippen molar-refractivity contribution in [3.63, 3.8) is 0 Å². The first-order valence-corrected chi connectivity index (χ1v) is 22.4. The highest BCUT2D eigenvalue weighted by Gasteiger charge is 2.24. The number of nitrogens with zero attached hydrogens (tertiary/aromatic N) is 6. The van der Waals surface area contributed by atoms with E-state index >= 15 is 0 Å². The van der Waals surface area contributed by atoms with E-state index in [1.807, 2.05) is 24.5 Å². The van der Waals surface area contributed by atoms with Crippen molar-refractivity contribution in [2.75, 3.05) is 9.80 Å². The summed E-state index contributed by atoms with van der Waals surface area (Å²) in [4.78, 5) is 15.1. The number of aromatic nitrogens is 4. The van der Waals surface area contributed by atoms with Crippen LogP contribution in [0.2, 0.25) is 0 Å². The van der Waals surface area contributed by atoms with Gasteiger partial charge in [0.25, 0.3) is 0 Å². The van der Waals surface area contributed by atoms with Gasteiger partial charge in [-0.2, -0.15) is 0 Å². The third-order valence-electron chi connectivity index (χ3n) is 12.7. The quantitative estimate of drug-likeness (QED) is 0.145. The van der Waals surface area contributed by atoms with Crippen molar-refractivity contribution in [3.05, 3.63) is 242 Å². The summed E-state index contributed by atoms with van der Waals surface area (Å²) in [6.45, 7) is 4.33. The van der Waals surface area contributed by atoms with Gasteiger partial charge >= 0.3 is 0 Å². The van der Waals surface area contributed by atoms with E-state index in [-0.39, 0.29) is 0 Å². The first-order chi connectivity index (χ1) is 32.6. The molecule has 4 aromatic heterocycles. The Hall–Kier alpha value is -8.74. The van der Waals surface area contributed by atoms with Gasteiger partial charge in [0.15, 0.2) is 0 Å². The smallest absolute Gasteiger partial charge is 0.145 e. The molecule has 8 aromatic carbocycles. The third-order valence-corrected chi connectivity index (χ3v) is 12.7. The molecule has 0 bridgehead atoms. The van der Waals surface area contributed by atoms with Crippen molar-refractivity contribution in [1.29, 1.82) is 0 Å². The van der Waals surface area contributed by atoms with E-state index < -0.39 is 0 Å². The molecular formula is C60H44N6. The standard InChI is InChI=1S/C60H44N6/c1-41-27-31-55-51(37-41)53-39-47(63(43-17-7-3-8-18-43)44-19-9-4-10-20-44)29-33-57(53)65(55)59-49(25-15-35-61-59)50-26-16-36-62-60(50)66-56-32-28-42(2)38-52(56)54-40-48(30-34-58(54)66)64(45-21-11-5-12-22-45)46-23-13-6-14-24-46/h3-40H,1-2H3. The summed E-state index contributed by atoms with van der Waals surface area (Å²) in [6, 6.07) is 77.9. The first kappa shape index (κ1) is 38.9. The number of para-hydroxylation sites is 4. The molecule has 0 aliphatic heterocycles. The SMILES string of the molecule is Cc1ccc2c(c1)c1cc(N(c3ccccc3)c3ccccc3)ccc1n2-c1ncccc1-c1cccnc1-n1c2ccc(C)cc2c2cc(N(c3ccccc3)c3ccccc3)ccc21. The minimum atomic E-state index is 0.839. The van der Waals surface area contributed by atoms with Gasteiger partial charge in [0.05, 0.1) is 22.1 Å². The normalized spacial score (nSPS) is 11.5. The van der Waals surface area contributed by atoms with E-state index in [4.69, 9.17) is 9.97 Å². The van der Waals surface area contributed by atoms with Crippen LogP contribution >= 0.6 is 0 Å². The maximum Gasteiger partial charge on any atom is 0.145 e. The van der Waals surface area contributed by atoms with Crippen LogP contribution in [0.4, 0.5) is 34.1 Å². The minimum absolute atomic E-state index is 0.839. The van der Waals surface area contributed by atoms with E-state index in [1.165, 1.54) is 21.9 Å². The Bertz CT molecular complexity index is 3400. The van der Waals surface area contributed by atoms with Crippen molar-refractivity contribution in [3.8, 4) is 22.8 Å². The number of benzene rings is 8. The molecule has 0 fully saturated rings. The Morgan fingerprint density at radius 3 is 0.970 bits per heavy atom. The van der Waals surface area contributed by atoms with Crippen LogP contribution in [0, 0.1) is 13.8 Å². The fraction of sp³-hybridized carbons (Fsp3) is 0.0333. The van der Waals surface area contributed by atoms with E-state index in [2.05, 4.69) is 239 Å². The molecule has 0 N–H and O–H groups in total. The van der Waals surface area contributed by atoms with E-state index in [9.17, 15) is 0 Å². The lowest BCUT2D eigenvalue weighted by Gasteiger charge is -2.25. The second-order valence-corrected chi connectivity index (χ2v) is 16.9. The summed E-state index contributed by atoms with van der Waals surface area (Å²) >= 11 is 0. The molecule has 314 valence electrons. The lowest BCUT2D eigenvalue weighted by atomic mass is 10.1. The summed E-state index contributed by atoms with van der Waals surface area (Å²) < 4.78 is 4.66. The Balaban J connectivity index is 1.05. The molecule has 0 saturated carbocycles. The molecule has 66 heavy (non-hydrogen) atoms. The zero-order chi connectivity index (χ0) is 44.1. The van der Waals surface area contributed by atoms with Crippen molar-refractivity contribution in [2.24, 2.45) is 0 Å². The van der Waals surface area contributed by atoms with Gasteiger partial charge in [-0.05, 0) is 147 Å². The number of hydrogen-bond donors (Lipinski definition) is 0. The van der Waals surface area contributed by atoms with Crippen molar-refractivity contribution >= 4 is 77.7 Å². The van der Waals surface area contributed by atoms with Gasteiger partial charge in [0.1, 0.15) is 11.6 Å². The van der Waals surface area contributed by atoms with E-state index in [1.54, 1.807) is 0 Å². The molecular weight excluding hydrogens is 805 g/mol. The zero-order valence-electron chi connectivity index (χ0n) is 36.6. The molecule has 6 heteroatoms. The molecule has 0 saturated heterocycles. The molecule has 0 amide bonds. The predicted molar refractivity (Wildman–Crippen MR) is 275 cm³/mol. The van der Waals surface area contributed by atoms with Crippen molar-refractivity contribution in [2.45, 2.75) is 13.8 Å². The van der Waals surface area contributed by atoms with Gasteiger partial charge in [-0.1, -0.05) is 96.1 Å². The van der Waals surface area contributed by atoms with Gasteiger partial charge < -0.3 is 9.80 Å². The van der Waals surface area contributed by atoms with Crippen LogP contribution in [0.1, 0.15) is 11.1 Å². The fourth-order valence-corrected chi connectivity index (χ4v) is 9.76. The number of aryl methyl sites for hydroxylation is 2. The van der Waals surface area contributed by atoms with Crippen LogP contribution in [-0.2, 0) is 0 Å². The molecule has 12 rings (SSSR count). The molecule has 0 spiro atoms. The zero-order valence-corrected chi connectivity index (χ0v) is 36.6. The van der Waals surface area contributed by atoms with E-state index in [0.717, 1.165) is 89.7 Å². The van der Waals surface area contributed by atoms with Gasteiger partial charge in [0.2, 0.25) is 0 Å². The number of fused-ring (bicyclic) bond motifs is 6. The summed E-state index contributed by atoms with van der Waals surface area (Å²) in [5.41, 5.74) is 15.2. The molecule has 6 nitrogen and oxygen atoms in total. The fourth-order valence-electron chi connectivity index (χ4n) is 9.76. The van der Waals surface area contributed by atoms with Crippen LogP contribution in [0.25, 0.3) is 66.4 Å². The highest BCUT2D eigenvalue weighted by Crippen LogP contribution is 2.44. The van der Waals surface area contributed by atoms with Crippen molar-refractivity contribution < 1.29 is 0 Å². The molecule has 0 atom stereocenters. The second-order valence-electron chi connectivity index (χ2n) is 16.9. The average Bonchev–Trinajstić information content (AvgIpc) is 3.86. The Kier molecular flexibility index (Phi) is 9.50. The number of hydrogen-bond acceptors (Lipinski definition) is 4. The lowest BCUT2D eigenvalue weighted by Crippen LogP contribution is -2.09. The van der Waals surface area contributed by atoms with Crippen LogP contribution in [0.15, 0.2) is 231 Å². The summed E-state index contributed by atoms with van der Waals surface area (Å²) in [5, 5.41) is 4.65. The molecule has 0 radical (unpaired) electrons. The van der Waals surface area contributed by atoms with Crippen LogP contribution in [-0.4, -0.2) is 19.1 Å². The minimum Gasteiger partial charge on any atom is -0.310 e. The predicted octanol–water partition coefficient (Wildman–Crippen LogP) is 15.9. The highest BCUT2D eigenvalue weighted by atomic mass is 15.2. The lowest BCUT2D eigenvalue weighted by molar-refractivity contribution is 1.06. The van der Waals surface area contributed by atoms with Gasteiger partial charge in [-0.3, -0.25) is 9.13 Å². The van der Waals surface area contributed by atoms with Crippen LogP contribution < -0.4 is 9.80 Å². The topological polar surface area (TPSA) is 42.1 Å². The number of pyridine rings is 2. The maximum absolute atomic E-state index is 5.23. The molecule has 4 heterocycles. The van der Waals surface area contributed by atoms with Crippen molar-refractivity contribution in [1.82, 2.24) is 19.1 Å². The van der Waals surface area contributed by atoms with Gasteiger partial charge in [-0.15, -0.1) is 0 Å². The Morgan fingerprint density at radius 2 is 0.621 bits per heavy atom. The molecule has 0 unspecified atom stereocenters. The maximum atomic E-state index is 5.23.